The molecule has 82 valence electrons. The molecule has 0 radical (unpaired) electrons. The second-order valence-corrected chi connectivity index (χ2v) is 3.95. The number of aromatic nitrogens is 1. The summed E-state index contributed by atoms with van der Waals surface area (Å²) in [5.74, 6) is 0.686. The van der Waals surface area contributed by atoms with Crippen LogP contribution in [0.25, 0.3) is 0 Å². The highest BCUT2D eigenvalue weighted by atomic mass is 35.5. The van der Waals surface area contributed by atoms with Crippen molar-refractivity contribution in [1.29, 1.82) is 0 Å². The summed E-state index contributed by atoms with van der Waals surface area (Å²) in [6.45, 7) is 4.43. The Balaban J connectivity index is 2.58. The molecule has 1 unspecified atom stereocenters. The van der Waals surface area contributed by atoms with E-state index in [2.05, 4.69) is 10.3 Å². The number of nitrogens with one attached hydrogen (secondary N) is 1. The van der Waals surface area contributed by atoms with Gasteiger partial charge >= 0.3 is 0 Å². The summed E-state index contributed by atoms with van der Waals surface area (Å²) in [6.07, 6.45) is 1.62. The lowest BCUT2D eigenvalue weighted by Crippen LogP contribution is -2.30. The normalized spacial score (nSPS) is 12.2. The molecule has 3 nitrogen and oxygen atoms in total. The van der Waals surface area contributed by atoms with E-state index < -0.39 is 0 Å². The van der Waals surface area contributed by atoms with Crippen LogP contribution in [0, 0.1) is 12.8 Å². The molecule has 1 aromatic rings. The molecule has 0 aliphatic heterocycles. The maximum atomic E-state index is 11.7. The highest BCUT2D eigenvalue weighted by Gasteiger charge is 2.10. The second kappa shape index (κ2) is 5.71. The fourth-order valence-corrected chi connectivity index (χ4v) is 1.24. The molecule has 1 aromatic heterocycles. The highest BCUT2D eigenvalue weighted by Crippen LogP contribution is 2.03. The van der Waals surface area contributed by atoms with E-state index in [1.54, 1.807) is 6.20 Å². The summed E-state index contributed by atoms with van der Waals surface area (Å²) >= 11 is 5.65. The van der Waals surface area contributed by atoms with Crippen molar-refractivity contribution >= 4 is 17.5 Å². The van der Waals surface area contributed by atoms with Crippen molar-refractivity contribution in [3.63, 3.8) is 0 Å². The van der Waals surface area contributed by atoms with Crippen molar-refractivity contribution in [2.45, 2.75) is 13.8 Å². The smallest absolute Gasteiger partial charge is 0.270 e. The summed E-state index contributed by atoms with van der Waals surface area (Å²) in [5.41, 5.74) is 1.37. The van der Waals surface area contributed by atoms with Gasteiger partial charge in [-0.15, -0.1) is 11.6 Å². The third-order valence-electron chi connectivity index (χ3n) is 2.10. The van der Waals surface area contributed by atoms with E-state index in [9.17, 15) is 4.79 Å². The van der Waals surface area contributed by atoms with E-state index in [0.29, 0.717) is 18.1 Å². The van der Waals surface area contributed by atoms with Gasteiger partial charge in [0.15, 0.2) is 0 Å². The van der Waals surface area contributed by atoms with Gasteiger partial charge in [-0.1, -0.05) is 13.0 Å². The maximum absolute atomic E-state index is 11.7. The first-order valence-corrected chi connectivity index (χ1v) is 5.44. The molecule has 1 heterocycles. The van der Waals surface area contributed by atoms with Crippen LogP contribution in [0.4, 0.5) is 0 Å². The molecular formula is C11H15ClN2O. The van der Waals surface area contributed by atoms with Crippen LogP contribution < -0.4 is 5.32 Å². The van der Waals surface area contributed by atoms with E-state index >= 15 is 0 Å². The lowest BCUT2D eigenvalue weighted by atomic mass is 10.2. The summed E-state index contributed by atoms with van der Waals surface area (Å²) in [6, 6.07) is 3.68. The minimum Gasteiger partial charge on any atom is -0.350 e. The largest absolute Gasteiger partial charge is 0.350 e. The third-order valence-corrected chi connectivity index (χ3v) is 2.63. The highest BCUT2D eigenvalue weighted by molar-refractivity contribution is 6.18. The van der Waals surface area contributed by atoms with Crippen LogP contribution >= 0.6 is 11.6 Å². The molecule has 0 aliphatic carbocycles. The quantitative estimate of drug-likeness (QED) is 0.798. The molecule has 0 bridgehead atoms. The van der Waals surface area contributed by atoms with E-state index in [1.165, 1.54) is 0 Å². The molecule has 1 N–H and O–H groups in total. The molecule has 0 fully saturated rings. The second-order valence-electron chi connectivity index (χ2n) is 3.64. The molecule has 15 heavy (non-hydrogen) atoms. The number of halogens is 1. The van der Waals surface area contributed by atoms with Crippen LogP contribution in [0.1, 0.15) is 23.0 Å². The summed E-state index contributed by atoms with van der Waals surface area (Å²) < 4.78 is 0. The molecule has 1 rings (SSSR count). The number of alkyl halides is 1. The Hall–Kier alpha value is -1.09. The van der Waals surface area contributed by atoms with Gasteiger partial charge in [-0.25, -0.2) is 0 Å². The van der Waals surface area contributed by atoms with Gasteiger partial charge < -0.3 is 5.32 Å². The molecule has 0 spiro atoms. The van der Waals surface area contributed by atoms with Crippen molar-refractivity contribution in [3.8, 4) is 0 Å². The van der Waals surface area contributed by atoms with Gasteiger partial charge in [0.1, 0.15) is 5.69 Å². The predicted octanol–water partition coefficient (Wildman–Crippen LogP) is 1.99. The number of hydrogen-bond donors (Lipinski definition) is 1. The molecule has 0 saturated heterocycles. The summed E-state index contributed by atoms with van der Waals surface area (Å²) in [7, 11) is 0. The summed E-state index contributed by atoms with van der Waals surface area (Å²) in [4.78, 5) is 15.7. The maximum Gasteiger partial charge on any atom is 0.270 e. The van der Waals surface area contributed by atoms with Crippen molar-refractivity contribution < 1.29 is 4.79 Å². The van der Waals surface area contributed by atoms with E-state index in [1.807, 2.05) is 26.0 Å². The SMILES string of the molecule is Cc1cccnc1C(=O)NCC(C)CCl. The fourth-order valence-electron chi connectivity index (χ4n) is 1.13. The minimum absolute atomic E-state index is 0.134. The Morgan fingerprint density at radius 2 is 2.40 bits per heavy atom. The number of nitrogens with zero attached hydrogens (tertiary/aromatic N) is 1. The Kier molecular flexibility index (Phi) is 4.56. The zero-order valence-corrected chi connectivity index (χ0v) is 9.71. The number of amides is 1. The van der Waals surface area contributed by atoms with Crippen LogP contribution in [0.5, 0.6) is 0 Å². The molecule has 1 amide bonds. The molecule has 0 aliphatic rings. The first-order valence-electron chi connectivity index (χ1n) is 4.91. The van der Waals surface area contributed by atoms with Gasteiger partial charge in [0, 0.05) is 18.6 Å². The van der Waals surface area contributed by atoms with E-state index in [0.717, 1.165) is 5.56 Å². The molecule has 4 heteroatoms. The molecule has 0 saturated carbocycles. The zero-order valence-electron chi connectivity index (χ0n) is 8.96. The van der Waals surface area contributed by atoms with Crippen molar-refractivity contribution in [2.75, 3.05) is 12.4 Å². The van der Waals surface area contributed by atoms with Gasteiger partial charge in [0.25, 0.3) is 5.91 Å². The molecular weight excluding hydrogens is 212 g/mol. The molecule has 0 aromatic carbocycles. The number of aryl methyl sites for hydroxylation is 1. The lowest BCUT2D eigenvalue weighted by molar-refractivity contribution is 0.0943. The minimum atomic E-state index is -0.134. The van der Waals surface area contributed by atoms with E-state index in [4.69, 9.17) is 11.6 Å². The number of carbonyl (C=O) groups is 1. The van der Waals surface area contributed by atoms with Crippen molar-refractivity contribution in [3.05, 3.63) is 29.6 Å². The van der Waals surface area contributed by atoms with Crippen LogP contribution in [0.3, 0.4) is 0 Å². The lowest BCUT2D eigenvalue weighted by Gasteiger charge is -2.09. The summed E-state index contributed by atoms with van der Waals surface area (Å²) in [5, 5.41) is 2.80. The van der Waals surface area contributed by atoms with Crippen molar-refractivity contribution in [1.82, 2.24) is 10.3 Å². The average Bonchev–Trinajstić information content (AvgIpc) is 2.26. The number of hydrogen-bond acceptors (Lipinski definition) is 2. The van der Waals surface area contributed by atoms with Crippen LogP contribution in [0.2, 0.25) is 0 Å². The number of carbonyl (C=O) groups excluding carboxylic acids is 1. The van der Waals surface area contributed by atoms with Crippen LogP contribution in [-0.4, -0.2) is 23.3 Å². The Labute approximate surface area is 94.9 Å². The number of rotatable bonds is 4. The average molecular weight is 227 g/mol. The van der Waals surface area contributed by atoms with E-state index in [-0.39, 0.29) is 11.8 Å². The fraction of sp³-hybridized carbons (Fsp3) is 0.455. The van der Waals surface area contributed by atoms with Crippen molar-refractivity contribution in [2.24, 2.45) is 5.92 Å². The first kappa shape index (κ1) is 12.0. The van der Waals surface area contributed by atoms with Gasteiger partial charge in [-0.05, 0) is 24.5 Å². The monoisotopic (exact) mass is 226 g/mol. The zero-order chi connectivity index (χ0) is 11.3. The molecule has 1 atom stereocenters. The van der Waals surface area contributed by atoms with Gasteiger partial charge in [-0.2, -0.15) is 0 Å². The number of pyridine rings is 1. The topological polar surface area (TPSA) is 42.0 Å². The Morgan fingerprint density at radius 3 is 3.00 bits per heavy atom. The van der Waals surface area contributed by atoms with Gasteiger partial charge in [0.05, 0.1) is 0 Å². The standard InChI is InChI=1S/C11H15ClN2O/c1-8(6-12)7-14-11(15)10-9(2)4-3-5-13-10/h3-5,8H,6-7H2,1-2H3,(H,14,15). The predicted molar refractivity (Wildman–Crippen MR) is 61.2 cm³/mol. The van der Waals surface area contributed by atoms with Crippen LogP contribution in [0.15, 0.2) is 18.3 Å². The van der Waals surface area contributed by atoms with Gasteiger partial charge in [0.2, 0.25) is 0 Å². The Morgan fingerprint density at radius 1 is 1.67 bits per heavy atom. The van der Waals surface area contributed by atoms with Crippen LogP contribution in [-0.2, 0) is 0 Å². The Bertz CT molecular complexity index is 341. The first-order chi connectivity index (χ1) is 7.15. The third kappa shape index (κ3) is 3.51. The van der Waals surface area contributed by atoms with Gasteiger partial charge in [-0.3, -0.25) is 9.78 Å².